The number of fused-ring (bicyclic) bond motifs is 1. The summed E-state index contributed by atoms with van der Waals surface area (Å²) in [6.07, 6.45) is 15.5. The Balaban J connectivity index is 1.71. The van der Waals surface area contributed by atoms with E-state index in [1.807, 2.05) is 49.4 Å². The van der Waals surface area contributed by atoms with Crippen molar-refractivity contribution in [3.8, 4) is 5.75 Å². The predicted molar refractivity (Wildman–Crippen MR) is 113 cm³/mol. The van der Waals surface area contributed by atoms with E-state index in [0.29, 0.717) is 23.8 Å². The second-order valence-corrected chi connectivity index (χ2v) is 7.56. The number of benzene rings is 2. The van der Waals surface area contributed by atoms with Crippen LogP contribution in [-0.4, -0.2) is 6.61 Å². The van der Waals surface area contributed by atoms with Gasteiger partial charge < -0.3 is 4.74 Å². The zero-order valence-electron chi connectivity index (χ0n) is 16.6. The smallest absolute Gasteiger partial charge is 0.134 e. The van der Waals surface area contributed by atoms with E-state index in [9.17, 15) is 0 Å². The molecule has 0 aromatic heterocycles. The van der Waals surface area contributed by atoms with Crippen LogP contribution in [0.1, 0.15) is 63.9 Å². The van der Waals surface area contributed by atoms with Crippen LogP contribution in [0.4, 0.5) is 4.39 Å². The van der Waals surface area contributed by atoms with Gasteiger partial charge in [0.05, 0.1) is 0 Å². The lowest BCUT2D eigenvalue weighted by Crippen LogP contribution is -2.13. The number of unbranched alkanes of at least 4 members (excludes halogenated alkanes) is 1. The topological polar surface area (TPSA) is 9.23 Å². The van der Waals surface area contributed by atoms with E-state index in [-0.39, 0.29) is 5.82 Å². The molecular formula is C25H31FO. The lowest BCUT2D eigenvalue weighted by Gasteiger charge is -2.27. The van der Waals surface area contributed by atoms with Crippen LogP contribution in [-0.2, 0) is 0 Å². The Hall–Kier alpha value is -2.09. The lowest BCUT2D eigenvalue weighted by atomic mass is 9.78. The Labute approximate surface area is 162 Å². The standard InChI is InChI=1S/C25H31FO/c1-3-5-7-8-19-9-11-20(12-10-19)23-15-13-21-18-22(27-17-6-4-2)14-16-24(21)25(23)26/h4,6-8,13-16,18-20H,3,5,9-12,17H2,1-2H3/b6-4?,8-7+. The summed E-state index contributed by atoms with van der Waals surface area (Å²) in [5.41, 5.74) is 0.890. The second-order valence-electron chi connectivity index (χ2n) is 7.56. The van der Waals surface area contributed by atoms with Crippen molar-refractivity contribution in [1.82, 2.24) is 0 Å². The van der Waals surface area contributed by atoms with Gasteiger partial charge in [-0.05, 0) is 80.0 Å². The molecule has 1 nitrogen and oxygen atoms in total. The molecule has 0 N–H and O–H groups in total. The minimum absolute atomic E-state index is 0.0440. The number of rotatable bonds is 7. The summed E-state index contributed by atoms with van der Waals surface area (Å²) in [5.74, 6) is 1.76. The summed E-state index contributed by atoms with van der Waals surface area (Å²) < 4.78 is 20.8. The van der Waals surface area contributed by atoms with Gasteiger partial charge in [-0.25, -0.2) is 4.39 Å². The van der Waals surface area contributed by atoms with Crippen molar-refractivity contribution < 1.29 is 9.13 Å². The Kier molecular flexibility index (Phi) is 7.09. The molecule has 2 aromatic carbocycles. The quantitative estimate of drug-likeness (QED) is 0.459. The molecule has 0 spiro atoms. The molecule has 1 saturated carbocycles. The van der Waals surface area contributed by atoms with Crippen LogP contribution >= 0.6 is 0 Å². The third-order valence-electron chi connectivity index (χ3n) is 5.61. The maximum atomic E-state index is 15.2. The highest BCUT2D eigenvalue weighted by Crippen LogP contribution is 2.39. The first-order chi connectivity index (χ1) is 13.2. The molecule has 0 unspecified atom stereocenters. The van der Waals surface area contributed by atoms with Gasteiger partial charge >= 0.3 is 0 Å². The van der Waals surface area contributed by atoms with Gasteiger partial charge in [0.15, 0.2) is 0 Å². The zero-order chi connectivity index (χ0) is 19.1. The van der Waals surface area contributed by atoms with Crippen molar-refractivity contribution in [2.45, 2.75) is 58.3 Å². The van der Waals surface area contributed by atoms with Gasteiger partial charge in [-0.3, -0.25) is 0 Å². The van der Waals surface area contributed by atoms with E-state index < -0.39 is 0 Å². The van der Waals surface area contributed by atoms with Crippen LogP contribution in [0.2, 0.25) is 0 Å². The minimum Gasteiger partial charge on any atom is -0.490 e. The van der Waals surface area contributed by atoms with Gasteiger partial charge in [0.1, 0.15) is 18.2 Å². The molecule has 1 aliphatic rings. The largest absolute Gasteiger partial charge is 0.490 e. The highest BCUT2D eigenvalue weighted by molar-refractivity contribution is 5.85. The third-order valence-corrected chi connectivity index (χ3v) is 5.61. The van der Waals surface area contributed by atoms with Crippen molar-refractivity contribution in [3.05, 3.63) is 66.0 Å². The van der Waals surface area contributed by atoms with Gasteiger partial charge in [0, 0.05) is 5.39 Å². The van der Waals surface area contributed by atoms with E-state index >= 15 is 4.39 Å². The molecule has 3 rings (SSSR count). The number of ether oxygens (including phenoxy) is 1. The van der Waals surface area contributed by atoms with Gasteiger partial charge in [0.25, 0.3) is 0 Å². The van der Waals surface area contributed by atoms with E-state index in [4.69, 9.17) is 4.74 Å². The van der Waals surface area contributed by atoms with Gasteiger partial charge in [-0.1, -0.05) is 49.8 Å². The second kappa shape index (κ2) is 9.73. The van der Waals surface area contributed by atoms with Gasteiger partial charge in [-0.2, -0.15) is 0 Å². The minimum atomic E-state index is -0.0440. The Morgan fingerprint density at radius 1 is 1.07 bits per heavy atom. The molecule has 0 heterocycles. The van der Waals surface area contributed by atoms with Crippen molar-refractivity contribution >= 4 is 10.8 Å². The summed E-state index contributed by atoms with van der Waals surface area (Å²) in [4.78, 5) is 0. The van der Waals surface area contributed by atoms with E-state index in [1.165, 1.54) is 25.7 Å². The molecule has 0 saturated heterocycles. The molecule has 0 radical (unpaired) electrons. The van der Waals surface area contributed by atoms with Crippen molar-refractivity contribution in [1.29, 1.82) is 0 Å². The summed E-state index contributed by atoms with van der Waals surface area (Å²) in [6.45, 7) is 4.72. The maximum Gasteiger partial charge on any atom is 0.134 e. The van der Waals surface area contributed by atoms with E-state index in [2.05, 4.69) is 19.1 Å². The fourth-order valence-corrected chi connectivity index (χ4v) is 4.01. The highest BCUT2D eigenvalue weighted by Gasteiger charge is 2.24. The van der Waals surface area contributed by atoms with E-state index in [0.717, 1.165) is 29.5 Å². The third kappa shape index (κ3) is 5.00. The van der Waals surface area contributed by atoms with Crippen LogP contribution in [0.15, 0.2) is 54.6 Å². The average molecular weight is 367 g/mol. The van der Waals surface area contributed by atoms with E-state index in [1.54, 1.807) is 0 Å². The Morgan fingerprint density at radius 3 is 2.63 bits per heavy atom. The van der Waals surface area contributed by atoms with Gasteiger partial charge in [-0.15, -0.1) is 0 Å². The molecule has 0 amide bonds. The zero-order valence-corrected chi connectivity index (χ0v) is 16.6. The van der Waals surface area contributed by atoms with Gasteiger partial charge in [0.2, 0.25) is 0 Å². The molecule has 1 aliphatic carbocycles. The fourth-order valence-electron chi connectivity index (χ4n) is 4.01. The van der Waals surface area contributed by atoms with Crippen LogP contribution in [0, 0.1) is 11.7 Å². The Morgan fingerprint density at radius 2 is 1.89 bits per heavy atom. The number of allylic oxidation sites excluding steroid dienone is 3. The molecule has 0 atom stereocenters. The molecule has 2 heteroatoms. The molecule has 1 fully saturated rings. The number of halogens is 1. The monoisotopic (exact) mass is 366 g/mol. The fraction of sp³-hybridized carbons (Fsp3) is 0.440. The molecule has 27 heavy (non-hydrogen) atoms. The first-order valence-electron chi connectivity index (χ1n) is 10.4. The maximum absolute atomic E-state index is 15.2. The molecule has 0 aliphatic heterocycles. The first kappa shape index (κ1) is 19.7. The molecular weight excluding hydrogens is 335 g/mol. The average Bonchev–Trinajstić information content (AvgIpc) is 2.69. The van der Waals surface area contributed by atoms with Crippen molar-refractivity contribution in [3.63, 3.8) is 0 Å². The highest BCUT2D eigenvalue weighted by atomic mass is 19.1. The summed E-state index contributed by atoms with van der Waals surface area (Å²) in [5, 5.41) is 1.61. The number of hydrogen-bond acceptors (Lipinski definition) is 1. The molecule has 0 bridgehead atoms. The number of hydrogen-bond donors (Lipinski definition) is 0. The van der Waals surface area contributed by atoms with Crippen molar-refractivity contribution in [2.24, 2.45) is 5.92 Å². The van der Waals surface area contributed by atoms with Crippen LogP contribution < -0.4 is 4.74 Å². The van der Waals surface area contributed by atoms with Crippen LogP contribution in [0.3, 0.4) is 0 Å². The first-order valence-corrected chi connectivity index (χ1v) is 10.4. The summed E-state index contributed by atoms with van der Waals surface area (Å²) >= 11 is 0. The Bertz CT molecular complexity index is 797. The van der Waals surface area contributed by atoms with Crippen LogP contribution in [0.5, 0.6) is 5.75 Å². The van der Waals surface area contributed by atoms with Crippen LogP contribution in [0.25, 0.3) is 10.8 Å². The van der Waals surface area contributed by atoms with Crippen molar-refractivity contribution in [2.75, 3.05) is 6.61 Å². The molecule has 144 valence electrons. The predicted octanol–water partition coefficient (Wildman–Crippen LogP) is 7.56. The normalized spacial score (nSPS) is 20.7. The summed E-state index contributed by atoms with van der Waals surface area (Å²) in [6, 6.07) is 9.70. The summed E-state index contributed by atoms with van der Waals surface area (Å²) in [7, 11) is 0. The lowest BCUT2D eigenvalue weighted by molar-refractivity contribution is 0.363. The SMILES string of the molecule is CC=CCOc1ccc2c(F)c(C3CCC(/C=C/CCC)CC3)ccc2c1. The molecule has 2 aromatic rings.